The number of rotatable bonds is 5. The van der Waals surface area contributed by atoms with Crippen molar-refractivity contribution >= 4 is 28.2 Å². The third-order valence-electron chi connectivity index (χ3n) is 5.34. The summed E-state index contributed by atoms with van der Waals surface area (Å²) >= 11 is 1.41. The van der Waals surface area contributed by atoms with Crippen molar-refractivity contribution in [3.63, 3.8) is 0 Å². The van der Waals surface area contributed by atoms with Crippen LogP contribution in [-0.2, 0) is 22.4 Å². The van der Waals surface area contributed by atoms with E-state index in [4.69, 9.17) is 9.15 Å². The van der Waals surface area contributed by atoms with Gasteiger partial charge in [0.25, 0.3) is 5.91 Å². The molecular formula is C23H20N4O4S. The number of thiophene rings is 1. The van der Waals surface area contributed by atoms with Gasteiger partial charge in [0.05, 0.1) is 5.56 Å². The number of nitrogens with one attached hydrogen (secondary N) is 1. The number of amides is 1. The largest absolute Gasteiger partial charge is 0.452 e. The van der Waals surface area contributed by atoms with Crippen LogP contribution in [0.4, 0.5) is 5.00 Å². The van der Waals surface area contributed by atoms with Gasteiger partial charge in [0, 0.05) is 17.3 Å². The van der Waals surface area contributed by atoms with Gasteiger partial charge in [-0.3, -0.25) is 9.36 Å². The highest BCUT2D eigenvalue weighted by Crippen LogP contribution is 2.37. The summed E-state index contributed by atoms with van der Waals surface area (Å²) in [6.07, 6.45) is 8.35. The first-order chi connectivity index (χ1) is 15.5. The fourth-order valence-corrected chi connectivity index (χ4v) is 5.10. The van der Waals surface area contributed by atoms with Crippen LogP contribution in [0.3, 0.4) is 0 Å². The minimum Gasteiger partial charge on any atom is -0.452 e. The summed E-state index contributed by atoms with van der Waals surface area (Å²) in [5.74, 6) is -0.926. The molecule has 1 amide bonds. The molecule has 0 radical (unpaired) electrons. The number of fused-ring (bicyclic) bond motifs is 1. The molecule has 162 valence electrons. The number of ether oxygens (including phenoxy) is 1. The quantitative estimate of drug-likeness (QED) is 0.460. The van der Waals surface area contributed by atoms with Crippen LogP contribution in [0.1, 0.15) is 56.9 Å². The van der Waals surface area contributed by atoms with Gasteiger partial charge in [0.1, 0.15) is 34.0 Å². The number of esters is 1. The van der Waals surface area contributed by atoms with Crippen molar-refractivity contribution in [1.82, 2.24) is 4.57 Å². The van der Waals surface area contributed by atoms with E-state index in [1.807, 2.05) is 6.07 Å². The van der Waals surface area contributed by atoms with Gasteiger partial charge in [-0.15, -0.1) is 11.3 Å². The van der Waals surface area contributed by atoms with E-state index in [1.54, 1.807) is 36.0 Å². The zero-order chi connectivity index (χ0) is 22.7. The minimum atomic E-state index is -0.821. The second kappa shape index (κ2) is 9.13. The summed E-state index contributed by atoms with van der Waals surface area (Å²) in [4.78, 5) is 26.2. The average Bonchev–Trinajstić information content (AvgIpc) is 3.46. The summed E-state index contributed by atoms with van der Waals surface area (Å²) in [5, 5.41) is 22.3. The molecule has 0 fully saturated rings. The van der Waals surface area contributed by atoms with E-state index >= 15 is 0 Å². The number of hydrogen-bond donors (Lipinski definition) is 1. The maximum Gasteiger partial charge on any atom is 0.343 e. The van der Waals surface area contributed by atoms with Crippen LogP contribution < -0.4 is 5.32 Å². The van der Waals surface area contributed by atoms with Crippen molar-refractivity contribution in [2.24, 2.45) is 0 Å². The van der Waals surface area contributed by atoms with Crippen LogP contribution >= 0.6 is 11.3 Å². The Bertz CT molecular complexity index is 1250. The molecule has 1 aliphatic rings. The van der Waals surface area contributed by atoms with Gasteiger partial charge in [-0.25, -0.2) is 4.79 Å². The summed E-state index contributed by atoms with van der Waals surface area (Å²) in [7, 11) is 0. The van der Waals surface area contributed by atoms with Gasteiger partial charge < -0.3 is 14.5 Å². The van der Waals surface area contributed by atoms with E-state index < -0.39 is 18.5 Å². The molecule has 0 bridgehead atoms. The smallest absolute Gasteiger partial charge is 0.343 e. The summed E-state index contributed by atoms with van der Waals surface area (Å²) in [6.45, 7) is 1.02. The molecule has 0 unspecified atom stereocenters. The maximum absolute atomic E-state index is 12.6. The molecule has 4 rings (SSSR count). The molecule has 0 saturated heterocycles. The molecule has 32 heavy (non-hydrogen) atoms. The van der Waals surface area contributed by atoms with Crippen molar-refractivity contribution in [2.75, 3.05) is 11.9 Å². The van der Waals surface area contributed by atoms with E-state index in [0.717, 1.165) is 42.5 Å². The molecule has 1 N–H and O–H groups in total. The first-order valence-corrected chi connectivity index (χ1v) is 11.0. The number of carbonyl (C=O) groups excluding carboxylic acids is 2. The van der Waals surface area contributed by atoms with E-state index in [9.17, 15) is 20.1 Å². The Hall–Kier alpha value is -3.82. The zero-order valence-corrected chi connectivity index (χ0v) is 18.3. The van der Waals surface area contributed by atoms with Gasteiger partial charge in [0.2, 0.25) is 5.88 Å². The second-order valence-electron chi connectivity index (χ2n) is 7.42. The number of hydrogen-bond acceptors (Lipinski definition) is 7. The van der Waals surface area contributed by atoms with Crippen molar-refractivity contribution in [3.8, 4) is 18.0 Å². The Balaban J connectivity index is 1.46. The average molecular weight is 449 g/mol. The standard InChI is InChI=1S/C23H20N4O4S/c1-14-20(17(12-25)22(31-14)27-9-5-6-10-27)23(29)30-13-19(28)26-21-16(11-24)15-7-3-2-4-8-18(15)32-21/h5-6,9-10H,2-4,7-8,13H2,1H3,(H,26,28). The Kier molecular flexibility index (Phi) is 6.11. The van der Waals surface area contributed by atoms with Gasteiger partial charge >= 0.3 is 5.97 Å². The molecule has 0 atom stereocenters. The third kappa shape index (κ3) is 4.03. The molecule has 3 aromatic rings. The first-order valence-electron chi connectivity index (χ1n) is 10.2. The van der Waals surface area contributed by atoms with E-state index in [-0.39, 0.29) is 22.8 Å². The van der Waals surface area contributed by atoms with Crippen molar-refractivity contribution in [2.45, 2.75) is 39.0 Å². The number of nitrogens with zero attached hydrogens (tertiary/aromatic N) is 3. The highest BCUT2D eigenvalue weighted by Gasteiger charge is 2.27. The van der Waals surface area contributed by atoms with Crippen LogP contribution in [0.15, 0.2) is 28.9 Å². The van der Waals surface area contributed by atoms with Crippen molar-refractivity contribution in [1.29, 1.82) is 10.5 Å². The van der Waals surface area contributed by atoms with E-state index in [2.05, 4.69) is 11.4 Å². The van der Waals surface area contributed by atoms with Gasteiger partial charge in [-0.05, 0) is 50.3 Å². The molecule has 1 aliphatic carbocycles. The Morgan fingerprint density at radius 1 is 1.16 bits per heavy atom. The minimum absolute atomic E-state index is 0.00967. The molecule has 0 spiro atoms. The lowest BCUT2D eigenvalue weighted by atomic mass is 10.1. The molecule has 8 nitrogen and oxygen atoms in total. The summed E-state index contributed by atoms with van der Waals surface area (Å²) in [5.41, 5.74) is 1.55. The fraction of sp³-hybridized carbons (Fsp3) is 0.304. The number of aryl methyl sites for hydroxylation is 2. The van der Waals surface area contributed by atoms with Crippen LogP contribution in [-0.4, -0.2) is 23.1 Å². The predicted molar refractivity (Wildman–Crippen MR) is 117 cm³/mol. The predicted octanol–water partition coefficient (Wildman–Crippen LogP) is 4.25. The van der Waals surface area contributed by atoms with Crippen molar-refractivity contribution < 1.29 is 18.7 Å². The molecule has 0 aliphatic heterocycles. The van der Waals surface area contributed by atoms with Crippen LogP contribution in [0.25, 0.3) is 5.88 Å². The number of anilines is 1. The van der Waals surface area contributed by atoms with E-state index in [1.165, 1.54) is 11.3 Å². The van der Waals surface area contributed by atoms with Crippen molar-refractivity contribution in [3.05, 3.63) is 57.4 Å². The highest BCUT2D eigenvalue weighted by molar-refractivity contribution is 7.16. The maximum atomic E-state index is 12.6. The lowest BCUT2D eigenvalue weighted by Gasteiger charge is -2.06. The second-order valence-corrected chi connectivity index (χ2v) is 8.53. The Morgan fingerprint density at radius 2 is 1.88 bits per heavy atom. The Morgan fingerprint density at radius 3 is 2.59 bits per heavy atom. The van der Waals surface area contributed by atoms with Gasteiger partial charge in [0.15, 0.2) is 6.61 Å². The van der Waals surface area contributed by atoms with E-state index in [0.29, 0.717) is 10.6 Å². The summed E-state index contributed by atoms with van der Waals surface area (Å²) < 4.78 is 12.3. The highest BCUT2D eigenvalue weighted by atomic mass is 32.1. The van der Waals surface area contributed by atoms with Gasteiger partial charge in [-0.1, -0.05) is 6.42 Å². The molecule has 0 saturated carbocycles. The molecule has 3 aromatic heterocycles. The molecule has 0 aromatic carbocycles. The molecular weight excluding hydrogens is 428 g/mol. The zero-order valence-electron chi connectivity index (χ0n) is 17.4. The summed E-state index contributed by atoms with van der Waals surface area (Å²) in [6, 6.07) is 7.71. The number of carbonyl (C=O) groups is 2. The first kappa shape index (κ1) is 21.4. The third-order valence-corrected chi connectivity index (χ3v) is 6.55. The number of aromatic nitrogens is 1. The lowest BCUT2D eigenvalue weighted by Crippen LogP contribution is -2.21. The topological polar surface area (TPSA) is 121 Å². The molecule has 9 heteroatoms. The molecule has 3 heterocycles. The van der Waals surface area contributed by atoms with Crippen LogP contribution in [0, 0.1) is 29.6 Å². The monoisotopic (exact) mass is 448 g/mol. The van der Waals surface area contributed by atoms with Crippen LogP contribution in [0.5, 0.6) is 0 Å². The number of furan rings is 1. The number of nitriles is 2. The Labute approximate surface area is 188 Å². The lowest BCUT2D eigenvalue weighted by molar-refractivity contribution is -0.119. The van der Waals surface area contributed by atoms with Gasteiger partial charge in [-0.2, -0.15) is 10.5 Å². The van der Waals surface area contributed by atoms with Crippen LogP contribution in [0.2, 0.25) is 0 Å². The SMILES string of the molecule is Cc1oc(-n2cccc2)c(C#N)c1C(=O)OCC(=O)Nc1sc2c(c1C#N)CCCCC2. The normalized spacial score (nSPS) is 12.8. The fourth-order valence-electron chi connectivity index (χ4n) is 3.85.